The van der Waals surface area contributed by atoms with Gasteiger partial charge in [0.25, 0.3) is 0 Å². The molecule has 0 aromatic heterocycles. The molecule has 268 valence electrons. The number of esters is 1. The maximum atomic E-state index is 11.1. The van der Waals surface area contributed by atoms with E-state index in [0.29, 0.717) is 85.9 Å². The second-order valence-corrected chi connectivity index (χ2v) is 8.21. The third-order valence-electron chi connectivity index (χ3n) is 4.42. The molecule has 0 fully saturated rings. The van der Waals surface area contributed by atoms with Crippen LogP contribution in [0.15, 0.2) is 12.2 Å². The Morgan fingerprint density at radius 3 is 0.933 bits per heavy atom. The summed E-state index contributed by atoms with van der Waals surface area (Å²) in [7, 11) is 0. The topological polar surface area (TPSA) is 185 Å². The molecule has 0 saturated carbocycles. The molecule has 0 aliphatic carbocycles. The van der Waals surface area contributed by atoms with E-state index in [1.807, 2.05) is 0 Å². The smallest absolute Gasteiger partial charge is 0.335 e. The third-order valence-corrected chi connectivity index (χ3v) is 4.42. The first kappa shape index (κ1) is 43.6. The van der Waals surface area contributed by atoms with Gasteiger partial charge in [-0.2, -0.15) is 0 Å². The first-order valence-electron chi connectivity index (χ1n) is 14.3. The Kier molecular flexibility index (Phi) is 37.5. The molecule has 0 saturated heterocycles. The second kappa shape index (κ2) is 38.8. The number of aliphatic hydroxyl groups excluding tert-OH is 1. The molecule has 0 aromatic rings. The van der Waals surface area contributed by atoms with Crippen molar-refractivity contribution in [2.75, 3.05) is 154 Å². The van der Waals surface area contributed by atoms with E-state index < -0.39 is 5.97 Å². The number of hydrogen-bond acceptors (Lipinski definition) is 18. The van der Waals surface area contributed by atoms with Crippen molar-refractivity contribution in [1.82, 2.24) is 0 Å². The monoisotopic (exact) mass is 664 g/mol. The van der Waals surface area contributed by atoms with Crippen molar-refractivity contribution >= 4 is 5.97 Å². The van der Waals surface area contributed by atoms with E-state index in [1.54, 1.807) is 0 Å². The van der Waals surface area contributed by atoms with Crippen LogP contribution in [0.25, 0.3) is 0 Å². The van der Waals surface area contributed by atoms with Crippen LogP contribution >= 0.6 is 0 Å². The summed E-state index contributed by atoms with van der Waals surface area (Å²) in [5.74, 6) is -0.540. The third kappa shape index (κ3) is 38.7. The molecule has 0 aliphatic rings. The van der Waals surface area contributed by atoms with Crippen molar-refractivity contribution in [2.24, 2.45) is 0 Å². The van der Waals surface area contributed by atoms with Gasteiger partial charge in [-0.3, -0.25) is 0 Å². The van der Waals surface area contributed by atoms with E-state index in [2.05, 4.69) is 6.58 Å². The van der Waals surface area contributed by atoms with Crippen molar-refractivity contribution < 1.29 is 85.7 Å². The van der Waals surface area contributed by atoms with E-state index in [9.17, 15) is 4.79 Å². The average molecular weight is 665 g/mol. The van der Waals surface area contributed by atoms with Crippen LogP contribution in [-0.2, 0) is 80.6 Å². The normalized spacial score (nSPS) is 11.3. The standard InChI is InChI=1S/C27H52O18/c1-26(2)27(29)45-25-44-24-43-23-42-22-41-21-40-20-39-19-38-18-37-17-36-16-15-35-14-13-34-12-11-33-10-9-32-8-7-31-6-5-30-4-3-28/h28H,1,3-25H2,2H3. The van der Waals surface area contributed by atoms with Crippen molar-refractivity contribution in [3.63, 3.8) is 0 Å². The molecule has 45 heavy (non-hydrogen) atoms. The fourth-order valence-corrected chi connectivity index (χ4v) is 2.40. The summed E-state index contributed by atoms with van der Waals surface area (Å²) in [6.07, 6.45) is 0. The molecule has 18 nitrogen and oxygen atoms in total. The summed E-state index contributed by atoms with van der Waals surface area (Å²) in [4.78, 5) is 11.1. The van der Waals surface area contributed by atoms with Gasteiger partial charge in [0, 0.05) is 5.57 Å². The molecule has 0 radical (unpaired) electrons. The minimum atomic E-state index is -0.540. The number of carbonyl (C=O) groups excluding carboxylic acids is 1. The number of rotatable bonds is 39. The van der Waals surface area contributed by atoms with Gasteiger partial charge in [0.05, 0.1) is 92.5 Å². The molecule has 0 rings (SSSR count). The van der Waals surface area contributed by atoms with Crippen molar-refractivity contribution in [3.05, 3.63) is 12.2 Å². The largest absolute Gasteiger partial charge is 0.435 e. The highest BCUT2D eigenvalue weighted by Gasteiger charge is 2.02. The molecule has 0 unspecified atom stereocenters. The average Bonchev–Trinajstić information content (AvgIpc) is 3.04. The zero-order valence-corrected chi connectivity index (χ0v) is 26.4. The Morgan fingerprint density at radius 2 is 0.644 bits per heavy atom. The number of aliphatic hydroxyl groups is 1. The fraction of sp³-hybridized carbons (Fsp3) is 0.889. The molecule has 0 atom stereocenters. The lowest BCUT2D eigenvalue weighted by Gasteiger charge is -2.09. The Labute approximate surface area is 264 Å². The predicted octanol–water partition coefficient (Wildman–Crippen LogP) is -0.0355. The van der Waals surface area contributed by atoms with Crippen LogP contribution in [0.5, 0.6) is 0 Å². The molecule has 0 spiro atoms. The molecule has 0 amide bonds. The minimum Gasteiger partial charge on any atom is -0.435 e. The molecule has 18 heteroatoms. The van der Waals surface area contributed by atoms with E-state index in [4.69, 9.17) is 80.9 Å². The quantitative estimate of drug-likeness (QED) is 0.0399. The van der Waals surface area contributed by atoms with Crippen LogP contribution in [-0.4, -0.2) is 165 Å². The van der Waals surface area contributed by atoms with Gasteiger partial charge in [-0.15, -0.1) is 0 Å². The molecule has 0 aliphatic heterocycles. The zero-order valence-electron chi connectivity index (χ0n) is 26.4. The summed E-state index contributed by atoms with van der Waals surface area (Å²) in [5.41, 5.74) is 0.282. The van der Waals surface area contributed by atoms with E-state index in [-0.39, 0.29) is 73.3 Å². The number of hydrogen-bond donors (Lipinski definition) is 1. The molecule has 0 bridgehead atoms. The second-order valence-electron chi connectivity index (χ2n) is 8.21. The van der Waals surface area contributed by atoms with Gasteiger partial charge in [-0.25, -0.2) is 4.79 Å². The summed E-state index contributed by atoms with van der Waals surface area (Å²) < 4.78 is 82.2. The van der Waals surface area contributed by atoms with Crippen molar-refractivity contribution in [3.8, 4) is 0 Å². The van der Waals surface area contributed by atoms with Gasteiger partial charge >= 0.3 is 5.97 Å². The summed E-state index contributed by atoms with van der Waals surface area (Å²) >= 11 is 0. The first-order valence-corrected chi connectivity index (χ1v) is 14.3. The van der Waals surface area contributed by atoms with Crippen molar-refractivity contribution in [1.29, 1.82) is 0 Å². The maximum Gasteiger partial charge on any atom is 0.335 e. The Balaban J connectivity index is 3.06. The molecule has 0 aromatic carbocycles. The van der Waals surface area contributed by atoms with Crippen LogP contribution in [0.2, 0.25) is 0 Å². The van der Waals surface area contributed by atoms with Crippen LogP contribution in [0.1, 0.15) is 6.92 Å². The number of ether oxygens (including phenoxy) is 16. The lowest BCUT2D eigenvalue weighted by Crippen LogP contribution is -2.15. The fourth-order valence-electron chi connectivity index (χ4n) is 2.40. The highest BCUT2D eigenvalue weighted by Crippen LogP contribution is 1.93. The van der Waals surface area contributed by atoms with Gasteiger partial charge < -0.3 is 80.9 Å². The van der Waals surface area contributed by atoms with E-state index in [1.165, 1.54) is 6.92 Å². The van der Waals surface area contributed by atoms with Crippen molar-refractivity contribution in [2.45, 2.75) is 6.92 Å². The lowest BCUT2D eigenvalue weighted by atomic mass is 10.4. The maximum absolute atomic E-state index is 11.1. The minimum absolute atomic E-state index is 0.00965. The highest BCUT2D eigenvalue weighted by molar-refractivity contribution is 5.86. The first-order chi connectivity index (χ1) is 22.2. The summed E-state index contributed by atoms with van der Waals surface area (Å²) in [6, 6.07) is 0. The molecular weight excluding hydrogens is 612 g/mol. The molecule has 1 N–H and O–H groups in total. The SMILES string of the molecule is C=C(C)C(=O)OCOCOCOCOCOCOCOCOCOCCOCCOCCOCCOCCOCCOCCO. The highest BCUT2D eigenvalue weighted by atomic mass is 16.8. The van der Waals surface area contributed by atoms with Crippen LogP contribution < -0.4 is 0 Å². The van der Waals surface area contributed by atoms with Crippen LogP contribution in [0.3, 0.4) is 0 Å². The van der Waals surface area contributed by atoms with Crippen LogP contribution in [0.4, 0.5) is 0 Å². The Bertz CT molecular complexity index is 614. The summed E-state index contributed by atoms with van der Waals surface area (Å²) in [5, 5.41) is 8.57. The van der Waals surface area contributed by atoms with Gasteiger partial charge in [-0.05, 0) is 6.92 Å². The Morgan fingerprint density at radius 1 is 0.400 bits per heavy atom. The summed E-state index contributed by atoms with van der Waals surface area (Å²) in [6.45, 7) is 10.2. The van der Waals surface area contributed by atoms with Gasteiger partial charge in [-0.1, -0.05) is 6.58 Å². The van der Waals surface area contributed by atoms with E-state index >= 15 is 0 Å². The predicted molar refractivity (Wildman–Crippen MR) is 151 cm³/mol. The molecule has 0 heterocycles. The lowest BCUT2D eigenvalue weighted by molar-refractivity contribution is -0.229. The van der Waals surface area contributed by atoms with Gasteiger partial charge in [0.2, 0.25) is 0 Å². The van der Waals surface area contributed by atoms with Gasteiger partial charge in [0.1, 0.15) is 6.79 Å². The van der Waals surface area contributed by atoms with Gasteiger partial charge in [0.15, 0.2) is 54.3 Å². The van der Waals surface area contributed by atoms with Crippen LogP contribution in [0, 0.1) is 0 Å². The number of carbonyl (C=O) groups is 1. The Hall–Kier alpha value is -1.43. The van der Waals surface area contributed by atoms with E-state index in [0.717, 1.165) is 0 Å². The molecular formula is C27H52O18. The zero-order chi connectivity index (χ0) is 32.7.